The lowest BCUT2D eigenvalue weighted by Crippen LogP contribution is -2.45. The Morgan fingerprint density at radius 3 is 2.21 bits per heavy atom. The third kappa shape index (κ3) is 6.94. The highest BCUT2D eigenvalue weighted by Crippen LogP contribution is 2.33. The van der Waals surface area contributed by atoms with Gasteiger partial charge in [0.25, 0.3) is 5.91 Å². The molecule has 1 fully saturated rings. The van der Waals surface area contributed by atoms with Crippen molar-refractivity contribution < 1.29 is 22.7 Å². The molecule has 0 spiro atoms. The van der Waals surface area contributed by atoms with Gasteiger partial charge in [0.05, 0.1) is 22.4 Å². The van der Waals surface area contributed by atoms with E-state index in [-0.39, 0.29) is 23.0 Å². The second-order valence-corrected chi connectivity index (χ2v) is 13.8. The first-order valence-corrected chi connectivity index (χ1v) is 14.6. The van der Waals surface area contributed by atoms with Crippen LogP contribution in [0.25, 0.3) is 0 Å². The van der Waals surface area contributed by atoms with Crippen LogP contribution in [-0.2, 0) is 14.6 Å². The summed E-state index contributed by atoms with van der Waals surface area (Å²) < 4.78 is 31.0. The molecule has 1 heterocycles. The molecule has 2 aromatic rings. The molecule has 0 aliphatic carbocycles. The lowest BCUT2D eigenvalue weighted by Gasteiger charge is -2.34. The summed E-state index contributed by atoms with van der Waals surface area (Å²) in [5, 5.41) is 2.99. The van der Waals surface area contributed by atoms with Crippen molar-refractivity contribution in [2.24, 2.45) is 5.92 Å². The topological polar surface area (TPSA) is 96.0 Å². The van der Waals surface area contributed by atoms with E-state index in [9.17, 15) is 18.0 Å². The highest BCUT2D eigenvalue weighted by atomic mass is 32.2. The number of amides is 2. The smallest absolute Gasteiger partial charge is 0.258 e. The molecule has 1 aliphatic rings. The fourth-order valence-corrected chi connectivity index (χ4v) is 5.90. The number of anilines is 1. The van der Waals surface area contributed by atoms with Crippen molar-refractivity contribution in [3.05, 3.63) is 54.1 Å². The molecule has 0 saturated carbocycles. The highest BCUT2D eigenvalue weighted by Gasteiger charge is 2.35. The number of nitrogens with one attached hydrogen (secondary N) is 1. The fraction of sp³-hybridized carbons (Fsp3) is 0.517. The van der Waals surface area contributed by atoms with Gasteiger partial charge >= 0.3 is 0 Å². The van der Waals surface area contributed by atoms with Crippen LogP contribution in [-0.4, -0.2) is 69.2 Å². The van der Waals surface area contributed by atoms with Crippen molar-refractivity contribution in [3.63, 3.8) is 0 Å². The molecular formula is C29H41N3O5S. The SMILES string of the molecule is COc1ccc(C(=O)N(CC(=O)NCC2CCN(C(C)C)CC2)c2ccccc2S(=O)(=O)C(C)(C)C)cc1. The van der Waals surface area contributed by atoms with E-state index in [4.69, 9.17) is 4.74 Å². The molecule has 8 nitrogen and oxygen atoms in total. The van der Waals surface area contributed by atoms with Crippen LogP contribution in [0, 0.1) is 5.92 Å². The Labute approximate surface area is 227 Å². The quantitative estimate of drug-likeness (QED) is 0.511. The minimum atomic E-state index is -3.81. The van der Waals surface area contributed by atoms with E-state index in [1.807, 2.05) is 0 Å². The van der Waals surface area contributed by atoms with Gasteiger partial charge in [-0.05, 0) is 103 Å². The van der Waals surface area contributed by atoms with E-state index >= 15 is 0 Å². The molecular weight excluding hydrogens is 502 g/mol. The van der Waals surface area contributed by atoms with Crippen molar-refractivity contribution in [3.8, 4) is 5.75 Å². The molecule has 3 rings (SSSR count). The number of hydrogen-bond donors (Lipinski definition) is 1. The maximum atomic E-state index is 13.7. The first-order chi connectivity index (χ1) is 17.8. The molecule has 0 bridgehead atoms. The molecule has 0 unspecified atom stereocenters. The van der Waals surface area contributed by atoms with Crippen LogP contribution >= 0.6 is 0 Å². The summed E-state index contributed by atoms with van der Waals surface area (Å²) in [5.41, 5.74) is 0.506. The molecule has 38 heavy (non-hydrogen) atoms. The van der Waals surface area contributed by atoms with Crippen molar-refractivity contribution in [1.29, 1.82) is 0 Å². The van der Waals surface area contributed by atoms with E-state index in [1.165, 1.54) is 18.1 Å². The van der Waals surface area contributed by atoms with Crippen LogP contribution in [0.4, 0.5) is 5.69 Å². The largest absolute Gasteiger partial charge is 0.497 e. The average Bonchev–Trinajstić information content (AvgIpc) is 2.89. The summed E-state index contributed by atoms with van der Waals surface area (Å²) in [6.45, 7) is 11.5. The number of carbonyl (C=O) groups is 2. The monoisotopic (exact) mass is 543 g/mol. The van der Waals surface area contributed by atoms with Gasteiger partial charge in [0.1, 0.15) is 12.3 Å². The summed E-state index contributed by atoms with van der Waals surface area (Å²) >= 11 is 0. The molecule has 0 aromatic heterocycles. The normalized spacial score (nSPS) is 15.3. The summed E-state index contributed by atoms with van der Waals surface area (Å²) in [6, 6.07) is 13.4. The number of piperidine rings is 1. The molecule has 9 heteroatoms. The van der Waals surface area contributed by atoms with Gasteiger partial charge in [-0.1, -0.05) is 12.1 Å². The summed E-state index contributed by atoms with van der Waals surface area (Å²) in [4.78, 5) is 30.6. The van der Waals surface area contributed by atoms with Crippen LogP contribution in [0.3, 0.4) is 0 Å². The van der Waals surface area contributed by atoms with E-state index in [2.05, 4.69) is 24.1 Å². The van der Waals surface area contributed by atoms with E-state index in [0.29, 0.717) is 29.8 Å². The molecule has 1 saturated heterocycles. The summed E-state index contributed by atoms with van der Waals surface area (Å²) in [7, 11) is -2.27. The van der Waals surface area contributed by atoms with Crippen molar-refractivity contribution >= 4 is 27.3 Å². The fourth-order valence-electron chi connectivity index (χ4n) is 4.52. The van der Waals surface area contributed by atoms with Gasteiger partial charge in [-0.25, -0.2) is 8.42 Å². The van der Waals surface area contributed by atoms with Gasteiger partial charge in [-0.3, -0.25) is 14.5 Å². The molecule has 1 N–H and O–H groups in total. The van der Waals surface area contributed by atoms with Crippen molar-refractivity contribution in [2.45, 2.75) is 63.1 Å². The Hall–Kier alpha value is -2.91. The number of methoxy groups -OCH3 is 1. The third-order valence-corrected chi connectivity index (χ3v) is 9.64. The molecule has 2 amide bonds. The first kappa shape index (κ1) is 29.6. The number of rotatable bonds is 9. The van der Waals surface area contributed by atoms with Gasteiger partial charge in [0, 0.05) is 18.2 Å². The van der Waals surface area contributed by atoms with E-state index in [1.54, 1.807) is 63.2 Å². The first-order valence-electron chi connectivity index (χ1n) is 13.2. The number of likely N-dealkylation sites (tertiary alicyclic amines) is 1. The zero-order valence-electron chi connectivity index (χ0n) is 23.4. The van der Waals surface area contributed by atoms with Gasteiger partial charge in [0.2, 0.25) is 5.91 Å². The molecule has 1 aliphatic heterocycles. The van der Waals surface area contributed by atoms with E-state index in [0.717, 1.165) is 25.9 Å². The third-order valence-electron chi connectivity index (χ3n) is 7.10. The Balaban J connectivity index is 1.87. The number of sulfone groups is 1. The second kappa shape index (κ2) is 12.3. The Morgan fingerprint density at radius 1 is 1.05 bits per heavy atom. The minimum Gasteiger partial charge on any atom is -0.497 e. The molecule has 0 radical (unpaired) electrons. The van der Waals surface area contributed by atoms with Gasteiger partial charge in [0.15, 0.2) is 9.84 Å². The Morgan fingerprint density at radius 2 is 1.66 bits per heavy atom. The zero-order valence-corrected chi connectivity index (χ0v) is 24.2. The van der Waals surface area contributed by atoms with Crippen molar-refractivity contribution in [2.75, 3.05) is 38.2 Å². The van der Waals surface area contributed by atoms with Gasteiger partial charge in [-0.2, -0.15) is 0 Å². The zero-order chi connectivity index (χ0) is 28.1. The maximum absolute atomic E-state index is 13.7. The lowest BCUT2D eigenvalue weighted by atomic mass is 9.96. The average molecular weight is 544 g/mol. The molecule has 2 aromatic carbocycles. The number of para-hydroxylation sites is 1. The highest BCUT2D eigenvalue weighted by molar-refractivity contribution is 7.93. The standard InChI is InChI=1S/C29H41N3O5S/c1-21(2)31-17-15-22(16-18-31)19-30-27(33)20-32(28(34)23-11-13-24(37-6)14-12-23)25-9-7-8-10-26(25)38(35,36)29(3,4)5/h7-14,21-22H,15-20H2,1-6H3,(H,30,33). The molecule has 208 valence electrons. The van der Waals surface area contributed by atoms with Gasteiger partial charge in [-0.15, -0.1) is 0 Å². The summed E-state index contributed by atoms with van der Waals surface area (Å²) in [6.07, 6.45) is 2.00. The Kier molecular flexibility index (Phi) is 9.59. The van der Waals surface area contributed by atoms with Crippen molar-refractivity contribution in [1.82, 2.24) is 10.2 Å². The van der Waals surface area contributed by atoms with E-state index < -0.39 is 20.5 Å². The lowest BCUT2D eigenvalue weighted by molar-refractivity contribution is -0.120. The van der Waals surface area contributed by atoms with Crippen LogP contribution in [0.15, 0.2) is 53.4 Å². The van der Waals surface area contributed by atoms with Crippen LogP contribution in [0.1, 0.15) is 57.8 Å². The van der Waals surface area contributed by atoms with Crippen LogP contribution in [0.2, 0.25) is 0 Å². The minimum absolute atomic E-state index is 0.0169. The summed E-state index contributed by atoms with van der Waals surface area (Å²) in [5.74, 6) is 0.157. The Bertz CT molecular complexity index is 1210. The van der Waals surface area contributed by atoms with Crippen LogP contribution < -0.4 is 15.0 Å². The second-order valence-electron chi connectivity index (χ2n) is 11.1. The predicted octanol–water partition coefficient (Wildman–Crippen LogP) is 4.15. The number of carbonyl (C=O) groups excluding carboxylic acids is 2. The number of hydrogen-bond acceptors (Lipinski definition) is 6. The molecule has 0 atom stereocenters. The number of nitrogens with zero attached hydrogens (tertiary/aromatic N) is 2. The van der Waals surface area contributed by atoms with Gasteiger partial charge < -0.3 is 15.0 Å². The van der Waals surface area contributed by atoms with Crippen LogP contribution in [0.5, 0.6) is 5.75 Å². The number of ether oxygens (including phenoxy) is 1. The maximum Gasteiger partial charge on any atom is 0.258 e. The predicted molar refractivity (Wildman–Crippen MR) is 150 cm³/mol. The number of benzene rings is 2.